The van der Waals surface area contributed by atoms with E-state index in [-0.39, 0.29) is 17.7 Å². The van der Waals surface area contributed by atoms with Gasteiger partial charge in [0.05, 0.1) is 0 Å². The summed E-state index contributed by atoms with van der Waals surface area (Å²) in [7, 11) is 3.72. The maximum absolute atomic E-state index is 12.1. The zero-order chi connectivity index (χ0) is 13.7. The molecule has 1 aromatic rings. The molecule has 0 aliphatic heterocycles. The number of hydrogen-bond acceptors (Lipinski definition) is 3. The minimum absolute atomic E-state index is 0.121. The Labute approximate surface area is 108 Å². The van der Waals surface area contributed by atoms with Crippen molar-refractivity contribution in [1.82, 2.24) is 4.90 Å². The van der Waals surface area contributed by atoms with Crippen LogP contribution in [0.15, 0.2) is 30.3 Å². The second kappa shape index (κ2) is 6.31. The van der Waals surface area contributed by atoms with E-state index in [4.69, 9.17) is 0 Å². The highest BCUT2D eigenvalue weighted by molar-refractivity contribution is 6.07. The molecule has 0 aliphatic carbocycles. The van der Waals surface area contributed by atoms with E-state index in [1.165, 1.54) is 6.92 Å². The largest absolute Gasteiger partial charge is 0.325 e. The van der Waals surface area contributed by atoms with Crippen molar-refractivity contribution in [2.24, 2.45) is 5.92 Å². The third kappa shape index (κ3) is 3.67. The maximum Gasteiger partial charge on any atom is 0.236 e. The number of benzene rings is 1. The highest BCUT2D eigenvalue weighted by Crippen LogP contribution is 2.14. The van der Waals surface area contributed by atoms with Gasteiger partial charge in [-0.1, -0.05) is 18.2 Å². The van der Waals surface area contributed by atoms with E-state index in [1.807, 2.05) is 44.1 Å². The molecule has 1 N–H and O–H groups in total. The molecule has 0 heterocycles. The van der Waals surface area contributed by atoms with Gasteiger partial charge in [-0.15, -0.1) is 0 Å². The first kappa shape index (κ1) is 14.4. The van der Waals surface area contributed by atoms with Crippen molar-refractivity contribution in [2.75, 3.05) is 19.4 Å². The Morgan fingerprint density at radius 1 is 1.17 bits per heavy atom. The fraction of sp³-hybridized carbons (Fsp3) is 0.429. The quantitative estimate of drug-likeness (QED) is 0.808. The van der Waals surface area contributed by atoms with Crippen molar-refractivity contribution in [3.63, 3.8) is 0 Å². The smallest absolute Gasteiger partial charge is 0.236 e. The molecule has 2 atom stereocenters. The van der Waals surface area contributed by atoms with Crippen LogP contribution in [-0.4, -0.2) is 36.7 Å². The van der Waals surface area contributed by atoms with Gasteiger partial charge in [0.1, 0.15) is 11.7 Å². The SMILES string of the molecule is CC(=O)[C@H](C(=O)Nc1ccccc1)[C@H](C)N(C)C. The van der Waals surface area contributed by atoms with Crippen LogP contribution in [-0.2, 0) is 9.59 Å². The average Bonchev–Trinajstić information content (AvgIpc) is 2.29. The Balaban J connectivity index is 2.81. The van der Waals surface area contributed by atoms with E-state index in [1.54, 1.807) is 12.1 Å². The molecule has 1 aromatic carbocycles. The van der Waals surface area contributed by atoms with Gasteiger partial charge in [-0.25, -0.2) is 0 Å². The molecule has 98 valence electrons. The number of carbonyl (C=O) groups excluding carboxylic acids is 2. The van der Waals surface area contributed by atoms with Gasteiger partial charge in [-0.05, 0) is 40.1 Å². The molecular formula is C14H20N2O2. The molecule has 0 radical (unpaired) electrons. The highest BCUT2D eigenvalue weighted by atomic mass is 16.2. The zero-order valence-electron chi connectivity index (χ0n) is 11.3. The molecule has 0 aromatic heterocycles. The number of ketones is 1. The van der Waals surface area contributed by atoms with Gasteiger partial charge in [0.15, 0.2) is 0 Å². The van der Waals surface area contributed by atoms with E-state index in [0.717, 1.165) is 0 Å². The van der Waals surface area contributed by atoms with Crippen molar-refractivity contribution >= 4 is 17.4 Å². The lowest BCUT2D eigenvalue weighted by molar-refractivity contribution is -0.132. The first-order valence-corrected chi connectivity index (χ1v) is 5.96. The molecular weight excluding hydrogens is 228 g/mol. The van der Waals surface area contributed by atoms with Crippen LogP contribution < -0.4 is 5.32 Å². The zero-order valence-corrected chi connectivity index (χ0v) is 11.3. The molecule has 1 rings (SSSR count). The summed E-state index contributed by atoms with van der Waals surface area (Å²) in [4.78, 5) is 25.6. The molecule has 0 saturated carbocycles. The van der Waals surface area contributed by atoms with Crippen LogP contribution in [0.3, 0.4) is 0 Å². The Bertz CT molecular complexity index is 415. The van der Waals surface area contributed by atoms with Gasteiger partial charge in [-0.2, -0.15) is 0 Å². The fourth-order valence-electron chi connectivity index (χ4n) is 1.78. The summed E-state index contributed by atoms with van der Waals surface area (Å²) in [6.07, 6.45) is 0. The van der Waals surface area contributed by atoms with Gasteiger partial charge >= 0.3 is 0 Å². The minimum Gasteiger partial charge on any atom is -0.325 e. The Morgan fingerprint density at radius 3 is 2.17 bits per heavy atom. The third-order valence-corrected chi connectivity index (χ3v) is 3.06. The second-order valence-electron chi connectivity index (χ2n) is 4.65. The van der Waals surface area contributed by atoms with Crippen LogP contribution in [0, 0.1) is 5.92 Å². The summed E-state index contributed by atoms with van der Waals surface area (Å²) in [6, 6.07) is 9.03. The van der Waals surface area contributed by atoms with E-state index in [2.05, 4.69) is 5.32 Å². The van der Waals surface area contributed by atoms with Crippen molar-refractivity contribution in [3.05, 3.63) is 30.3 Å². The number of nitrogens with one attached hydrogen (secondary N) is 1. The molecule has 0 bridgehead atoms. The number of para-hydroxylation sites is 1. The molecule has 0 fully saturated rings. The summed E-state index contributed by atoms with van der Waals surface area (Å²) in [5.41, 5.74) is 0.708. The molecule has 18 heavy (non-hydrogen) atoms. The minimum atomic E-state index is -0.653. The average molecular weight is 248 g/mol. The van der Waals surface area contributed by atoms with Crippen LogP contribution >= 0.6 is 0 Å². The molecule has 1 amide bonds. The fourth-order valence-corrected chi connectivity index (χ4v) is 1.78. The number of amides is 1. The second-order valence-corrected chi connectivity index (χ2v) is 4.65. The van der Waals surface area contributed by atoms with Crippen molar-refractivity contribution in [1.29, 1.82) is 0 Å². The Morgan fingerprint density at radius 2 is 1.72 bits per heavy atom. The van der Waals surface area contributed by atoms with Crippen LogP contribution in [0.5, 0.6) is 0 Å². The van der Waals surface area contributed by atoms with E-state index >= 15 is 0 Å². The van der Waals surface area contributed by atoms with Crippen LogP contribution in [0.4, 0.5) is 5.69 Å². The lowest BCUT2D eigenvalue weighted by Gasteiger charge is -2.26. The van der Waals surface area contributed by atoms with Crippen molar-refractivity contribution in [3.8, 4) is 0 Å². The molecule has 0 aliphatic rings. The highest BCUT2D eigenvalue weighted by Gasteiger charge is 2.30. The number of anilines is 1. The molecule has 0 spiro atoms. The van der Waals surface area contributed by atoms with Crippen molar-refractivity contribution in [2.45, 2.75) is 19.9 Å². The summed E-state index contributed by atoms with van der Waals surface area (Å²) < 4.78 is 0. The maximum atomic E-state index is 12.1. The number of carbonyl (C=O) groups is 2. The molecule has 4 nitrogen and oxygen atoms in total. The van der Waals surface area contributed by atoms with Crippen LogP contribution in [0.1, 0.15) is 13.8 Å². The molecule has 4 heteroatoms. The van der Waals surface area contributed by atoms with Gasteiger partial charge in [0.2, 0.25) is 5.91 Å². The predicted octanol–water partition coefficient (Wildman–Crippen LogP) is 1.78. The van der Waals surface area contributed by atoms with Crippen LogP contribution in [0.2, 0.25) is 0 Å². The molecule has 0 saturated heterocycles. The first-order chi connectivity index (χ1) is 8.43. The standard InChI is InChI=1S/C14H20N2O2/c1-10(16(3)4)13(11(2)17)14(18)15-12-8-6-5-7-9-12/h5-10,13H,1-4H3,(H,15,18)/t10-,13+/m0/s1. The lowest BCUT2D eigenvalue weighted by atomic mass is 9.95. The van der Waals surface area contributed by atoms with E-state index in [0.29, 0.717) is 5.69 Å². The van der Waals surface area contributed by atoms with E-state index < -0.39 is 5.92 Å². The lowest BCUT2D eigenvalue weighted by Crippen LogP contribution is -2.43. The Hall–Kier alpha value is -1.68. The van der Waals surface area contributed by atoms with Gasteiger partial charge < -0.3 is 10.2 Å². The summed E-state index contributed by atoms with van der Waals surface area (Å²) in [6.45, 7) is 3.33. The topological polar surface area (TPSA) is 49.4 Å². The van der Waals surface area contributed by atoms with Gasteiger partial charge in [0, 0.05) is 11.7 Å². The van der Waals surface area contributed by atoms with E-state index in [9.17, 15) is 9.59 Å². The number of Topliss-reactive ketones (excluding diaryl/α,β-unsaturated/α-hetero) is 1. The van der Waals surface area contributed by atoms with Gasteiger partial charge in [0.25, 0.3) is 0 Å². The van der Waals surface area contributed by atoms with Crippen LogP contribution in [0.25, 0.3) is 0 Å². The Kier molecular flexibility index (Phi) is 5.04. The first-order valence-electron chi connectivity index (χ1n) is 5.96. The summed E-state index contributed by atoms with van der Waals surface area (Å²) in [5.74, 6) is -1.03. The number of rotatable bonds is 5. The van der Waals surface area contributed by atoms with Gasteiger partial charge in [-0.3, -0.25) is 9.59 Å². The summed E-state index contributed by atoms with van der Waals surface area (Å²) >= 11 is 0. The van der Waals surface area contributed by atoms with Crippen molar-refractivity contribution < 1.29 is 9.59 Å². The normalized spacial score (nSPS) is 14.1. The number of hydrogen-bond donors (Lipinski definition) is 1. The summed E-state index contributed by atoms with van der Waals surface area (Å²) in [5, 5.41) is 2.77. The third-order valence-electron chi connectivity index (χ3n) is 3.06. The molecule has 0 unspecified atom stereocenters. The number of nitrogens with zero attached hydrogens (tertiary/aromatic N) is 1. The monoisotopic (exact) mass is 248 g/mol. The predicted molar refractivity (Wildman–Crippen MR) is 72.4 cm³/mol.